The lowest BCUT2D eigenvalue weighted by Gasteiger charge is -2.14. The van der Waals surface area contributed by atoms with E-state index in [2.05, 4.69) is 5.32 Å². The quantitative estimate of drug-likeness (QED) is 0.858. The van der Waals surface area contributed by atoms with Crippen molar-refractivity contribution in [2.45, 2.75) is 30.2 Å². The summed E-state index contributed by atoms with van der Waals surface area (Å²) in [7, 11) is 1.22. The molecule has 0 atom stereocenters. The van der Waals surface area contributed by atoms with E-state index < -0.39 is 15.0 Å². The van der Waals surface area contributed by atoms with Gasteiger partial charge in [0.15, 0.2) is 0 Å². The van der Waals surface area contributed by atoms with Crippen LogP contribution in [-0.4, -0.2) is 19.9 Å². The van der Waals surface area contributed by atoms with E-state index in [4.69, 9.17) is 33.9 Å². The summed E-state index contributed by atoms with van der Waals surface area (Å²) in [6.07, 6.45) is 1.73. The number of halogens is 3. The molecule has 1 amide bonds. The first kappa shape index (κ1) is 14.9. The molecule has 1 aromatic carbocycles. The van der Waals surface area contributed by atoms with Crippen LogP contribution in [-0.2, 0) is 9.05 Å². The summed E-state index contributed by atoms with van der Waals surface area (Å²) in [6.45, 7) is 1.88. The van der Waals surface area contributed by atoms with Crippen molar-refractivity contribution >= 4 is 48.8 Å². The molecule has 8 heteroatoms. The van der Waals surface area contributed by atoms with Crippen molar-refractivity contribution in [1.29, 1.82) is 0 Å². The summed E-state index contributed by atoms with van der Waals surface area (Å²) >= 11 is 11.8. The Morgan fingerprint density at radius 1 is 1.32 bits per heavy atom. The topological polar surface area (TPSA) is 63.2 Å². The van der Waals surface area contributed by atoms with Gasteiger partial charge in [-0.25, -0.2) is 8.42 Å². The molecule has 1 aromatic rings. The van der Waals surface area contributed by atoms with E-state index in [1.165, 1.54) is 12.1 Å². The normalized spacial score (nSPS) is 17.1. The molecule has 4 nitrogen and oxygen atoms in total. The van der Waals surface area contributed by atoms with Crippen molar-refractivity contribution < 1.29 is 13.2 Å². The van der Waals surface area contributed by atoms with Crippen LogP contribution in [0, 0.1) is 0 Å². The minimum Gasteiger partial charge on any atom is -0.347 e. The van der Waals surface area contributed by atoms with Gasteiger partial charge in [-0.05, 0) is 31.9 Å². The number of carbonyl (C=O) groups is 1. The maximum atomic E-state index is 12.1. The maximum absolute atomic E-state index is 12.1. The smallest absolute Gasteiger partial charge is 0.262 e. The molecule has 0 bridgehead atoms. The van der Waals surface area contributed by atoms with Crippen molar-refractivity contribution in [3.63, 3.8) is 0 Å². The van der Waals surface area contributed by atoms with Crippen molar-refractivity contribution in [1.82, 2.24) is 5.32 Å². The molecule has 0 aliphatic heterocycles. The van der Waals surface area contributed by atoms with E-state index in [9.17, 15) is 13.2 Å². The van der Waals surface area contributed by atoms with Crippen LogP contribution in [0.1, 0.15) is 30.1 Å². The van der Waals surface area contributed by atoms with Gasteiger partial charge in [-0.1, -0.05) is 23.2 Å². The van der Waals surface area contributed by atoms with Gasteiger partial charge in [0, 0.05) is 16.2 Å². The highest BCUT2D eigenvalue weighted by Gasteiger charge is 2.39. The molecule has 1 aliphatic rings. The summed E-state index contributed by atoms with van der Waals surface area (Å²) in [5.74, 6) is -0.503. The second-order valence-electron chi connectivity index (χ2n) is 4.69. The van der Waals surface area contributed by atoms with Crippen molar-refractivity contribution in [2.75, 3.05) is 0 Å². The van der Waals surface area contributed by atoms with Crippen LogP contribution < -0.4 is 5.32 Å². The molecule has 0 aromatic heterocycles. The number of nitrogens with one attached hydrogen (secondary N) is 1. The first-order valence-corrected chi connectivity index (χ1v) is 8.46. The van der Waals surface area contributed by atoms with Crippen LogP contribution >= 0.6 is 33.9 Å². The summed E-state index contributed by atoms with van der Waals surface area (Å²) < 4.78 is 22.7. The fourth-order valence-corrected chi connectivity index (χ4v) is 3.48. The molecule has 0 saturated heterocycles. The number of benzene rings is 1. The van der Waals surface area contributed by atoms with Gasteiger partial charge in [0.1, 0.15) is 4.90 Å². The molecule has 19 heavy (non-hydrogen) atoms. The average Bonchev–Trinajstić information content (AvgIpc) is 2.93. The molecule has 1 saturated carbocycles. The fraction of sp³-hybridized carbons (Fsp3) is 0.364. The van der Waals surface area contributed by atoms with Gasteiger partial charge in [0.2, 0.25) is 0 Å². The Morgan fingerprint density at radius 2 is 1.89 bits per heavy atom. The highest BCUT2D eigenvalue weighted by molar-refractivity contribution is 8.13. The third-order valence-corrected chi connectivity index (χ3v) is 5.14. The Morgan fingerprint density at radius 3 is 2.37 bits per heavy atom. The van der Waals surface area contributed by atoms with Gasteiger partial charge in [0.05, 0.1) is 15.6 Å². The first-order chi connectivity index (χ1) is 8.64. The van der Waals surface area contributed by atoms with E-state index in [1.54, 1.807) is 0 Å². The second kappa shape index (κ2) is 4.81. The third-order valence-electron chi connectivity index (χ3n) is 2.96. The van der Waals surface area contributed by atoms with Gasteiger partial charge in [-0.3, -0.25) is 4.79 Å². The predicted octanol–water partition coefficient (Wildman–Crippen LogP) is 3.20. The molecule has 0 spiro atoms. The number of amides is 1. The fourth-order valence-electron chi connectivity index (χ4n) is 1.58. The second-order valence-corrected chi connectivity index (χ2v) is 8.01. The van der Waals surface area contributed by atoms with E-state index in [0.717, 1.165) is 12.8 Å². The molecule has 0 radical (unpaired) electrons. The lowest BCUT2D eigenvalue weighted by atomic mass is 10.2. The van der Waals surface area contributed by atoms with Gasteiger partial charge >= 0.3 is 0 Å². The van der Waals surface area contributed by atoms with Crippen LogP contribution in [0.4, 0.5) is 0 Å². The van der Waals surface area contributed by atoms with Crippen LogP contribution in [0.15, 0.2) is 17.0 Å². The Kier molecular flexibility index (Phi) is 3.77. The largest absolute Gasteiger partial charge is 0.347 e. The highest BCUT2D eigenvalue weighted by Crippen LogP contribution is 2.37. The third kappa shape index (κ3) is 3.16. The lowest BCUT2D eigenvalue weighted by molar-refractivity contribution is 0.0935. The monoisotopic (exact) mass is 341 g/mol. The number of hydrogen-bond acceptors (Lipinski definition) is 3. The van der Waals surface area contributed by atoms with Crippen LogP contribution in [0.25, 0.3) is 0 Å². The molecule has 2 rings (SSSR count). The zero-order valence-electron chi connectivity index (χ0n) is 9.84. The Bertz CT molecular complexity index is 653. The molecule has 0 unspecified atom stereocenters. The van der Waals surface area contributed by atoms with E-state index in [0.29, 0.717) is 0 Å². The maximum Gasteiger partial charge on any atom is 0.262 e. The minimum atomic E-state index is -4.03. The molecule has 104 valence electrons. The Labute approximate surface area is 125 Å². The Hall–Kier alpha value is -0.490. The molecule has 0 heterocycles. The summed E-state index contributed by atoms with van der Waals surface area (Å²) in [5.41, 5.74) is -0.335. The average molecular weight is 343 g/mol. The summed E-state index contributed by atoms with van der Waals surface area (Å²) in [4.78, 5) is 11.8. The number of hydrogen-bond donors (Lipinski definition) is 1. The van der Waals surface area contributed by atoms with Gasteiger partial charge in [0.25, 0.3) is 15.0 Å². The minimum absolute atomic E-state index is 0.0711. The van der Waals surface area contributed by atoms with Crippen molar-refractivity contribution in [3.8, 4) is 0 Å². The van der Waals surface area contributed by atoms with Crippen LogP contribution in [0.2, 0.25) is 10.0 Å². The first-order valence-electron chi connectivity index (χ1n) is 5.39. The molecular weight excluding hydrogens is 333 g/mol. The van der Waals surface area contributed by atoms with Crippen LogP contribution in [0.3, 0.4) is 0 Å². The SMILES string of the molecule is CC1(NC(=O)c2c(Cl)ccc(S(=O)(=O)Cl)c2Cl)CC1. The molecule has 1 N–H and O–H groups in total. The summed E-state index contributed by atoms with van der Waals surface area (Å²) in [5, 5.41) is 2.58. The molecule has 1 aliphatic carbocycles. The van der Waals surface area contributed by atoms with E-state index in [-0.39, 0.29) is 26.0 Å². The van der Waals surface area contributed by atoms with E-state index in [1.807, 2.05) is 6.92 Å². The van der Waals surface area contributed by atoms with Gasteiger partial charge < -0.3 is 5.32 Å². The van der Waals surface area contributed by atoms with Crippen molar-refractivity contribution in [2.24, 2.45) is 0 Å². The summed E-state index contributed by atoms with van der Waals surface area (Å²) in [6, 6.07) is 2.45. The van der Waals surface area contributed by atoms with Crippen LogP contribution in [0.5, 0.6) is 0 Å². The van der Waals surface area contributed by atoms with Gasteiger partial charge in [-0.15, -0.1) is 0 Å². The lowest BCUT2D eigenvalue weighted by Crippen LogP contribution is -2.34. The standard InChI is InChI=1S/C11H10Cl3NO3S/c1-11(4-5-11)15-10(16)8-6(12)2-3-7(9(8)13)19(14,17)18/h2-3H,4-5H2,1H3,(H,15,16). The Balaban J connectivity index is 2.47. The molecule has 1 fully saturated rings. The zero-order chi connectivity index (χ0) is 14.4. The van der Waals surface area contributed by atoms with E-state index >= 15 is 0 Å². The predicted molar refractivity (Wildman–Crippen MR) is 74.6 cm³/mol. The zero-order valence-corrected chi connectivity index (χ0v) is 12.9. The molecular formula is C11H10Cl3NO3S. The number of carbonyl (C=O) groups excluding carboxylic acids is 1. The van der Waals surface area contributed by atoms with Crippen molar-refractivity contribution in [3.05, 3.63) is 27.7 Å². The number of rotatable bonds is 3. The highest BCUT2D eigenvalue weighted by atomic mass is 35.7. The van der Waals surface area contributed by atoms with Gasteiger partial charge in [-0.2, -0.15) is 0 Å².